The van der Waals surface area contributed by atoms with Gasteiger partial charge in [0.2, 0.25) is 5.91 Å². The first-order valence-electron chi connectivity index (χ1n) is 8.39. The van der Waals surface area contributed by atoms with Gasteiger partial charge < -0.3 is 10.1 Å². The molecule has 1 unspecified atom stereocenters. The Bertz CT molecular complexity index is 575. The summed E-state index contributed by atoms with van der Waals surface area (Å²) in [4.78, 5) is 14.3. The van der Waals surface area contributed by atoms with Gasteiger partial charge in [-0.1, -0.05) is 39.0 Å². The van der Waals surface area contributed by atoms with Crippen LogP contribution in [0.3, 0.4) is 0 Å². The van der Waals surface area contributed by atoms with E-state index in [4.69, 9.17) is 4.74 Å². The van der Waals surface area contributed by atoms with E-state index in [1.807, 2.05) is 32.9 Å². The van der Waals surface area contributed by atoms with Gasteiger partial charge in [-0.25, -0.2) is 4.39 Å². The number of nitrogens with zero attached hydrogens (tertiary/aromatic N) is 1. The van der Waals surface area contributed by atoms with Crippen molar-refractivity contribution in [1.82, 2.24) is 10.2 Å². The summed E-state index contributed by atoms with van der Waals surface area (Å²) in [6, 6.07) is 6.53. The van der Waals surface area contributed by atoms with E-state index in [2.05, 4.69) is 10.2 Å². The Morgan fingerprint density at radius 2 is 2.08 bits per heavy atom. The number of allylic oxidation sites excluding steroid dienone is 1. The van der Waals surface area contributed by atoms with E-state index in [-0.39, 0.29) is 23.2 Å². The van der Waals surface area contributed by atoms with E-state index in [1.54, 1.807) is 12.1 Å². The van der Waals surface area contributed by atoms with Crippen LogP contribution in [0.4, 0.5) is 4.39 Å². The maximum Gasteiger partial charge on any atom is 0.243 e. The van der Waals surface area contributed by atoms with E-state index in [1.165, 1.54) is 12.1 Å². The molecule has 0 bridgehead atoms. The molecule has 1 fully saturated rings. The molecule has 1 atom stereocenters. The number of hydrogen-bond acceptors (Lipinski definition) is 3. The number of morpholine rings is 1. The second kappa shape index (κ2) is 8.40. The Balaban J connectivity index is 2.06. The molecule has 2 rings (SSSR count). The average Bonchev–Trinajstić information content (AvgIpc) is 2.54. The number of amides is 1. The molecule has 1 N–H and O–H groups in total. The van der Waals surface area contributed by atoms with Gasteiger partial charge in [-0.15, -0.1) is 0 Å². The molecule has 4 nitrogen and oxygen atoms in total. The predicted molar refractivity (Wildman–Crippen MR) is 93.1 cm³/mol. The van der Waals surface area contributed by atoms with Crippen LogP contribution in [0.1, 0.15) is 32.4 Å². The highest BCUT2D eigenvalue weighted by Crippen LogP contribution is 2.22. The van der Waals surface area contributed by atoms with Gasteiger partial charge in [0, 0.05) is 19.6 Å². The van der Waals surface area contributed by atoms with Gasteiger partial charge >= 0.3 is 0 Å². The minimum absolute atomic E-state index is 0.0382. The standard InChI is InChI=1S/C19H27FN2O2/c1-19(2,3)8-7-18(23)21-14-17(22-9-11-24-12-10-22)15-5-4-6-16(20)13-15/h4-8,13,17H,9-12,14H2,1-3H3,(H,21,23). The van der Waals surface area contributed by atoms with Crippen LogP contribution in [-0.4, -0.2) is 43.7 Å². The summed E-state index contributed by atoms with van der Waals surface area (Å²) in [5.41, 5.74) is 0.834. The molecule has 1 saturated heterocycles. The molecule has 1 aromatic rings. The van der Waals surface area contributed by atoms with Crippen molar-refractivity contribution >= 4 is 5.91 Å². The fraction of sp³-hybridized carbons (Fsp3) is 0.526. The third kappa shape index (κ3) is 6.06. The number of halogens is 1. The molecular weight excluding hydrogens is 307 g/mol. The van der Waals surface area contributed by atoms with E-state index >= 15 is 0 Å². The largest absolute Gasteiger partial charge is 0.379 e. The van der Waals surface area contributed by atoms with Crippen LogP contribution in [0.25, 0.3) is 0 Å². The smallest absolute Gasteiger partial charge is 0.243 e. The SMILES string of the molecule is CC(C)(C)C=CC(=O)NCC(c1cccc(F)c1)N1CCOCC1. The van der Waals surface area contributed by atoms with Crippen molar-refractivity contribution in [3.8, 4) is 0 Å². The van der Waals surface area contributed by atoms with Gasteiger partial charge in [-0.05, 0) is 29.2 Å². The zero-order valence-corrected chi connectivity index (χ0v) is 14.7. The number of carbonyl (C=O) groups is 1. The molecule has 1 aromatic carbocycles. The normalized spacial score (nSPS) is 17.8. The highest BCUT2D eigenvalue weighted by molar-refractivity contribution is 5.87. The summed E-state index contributed by atoms with van der Waals surface area (Å²) in [6.45, 7) is 9.42. The molecule has 132 valence electrons. The molecule has 1 aliphatic rings. The molecule has 0 spiro atoms. The van der Waals surface area contributed by atoms with Gasteiger partial charge in [-0.3, -0.25) is 9.69 Å². The van der Waals surface area contributed by atoms with Crippen molar-refractivity contribution in [3.63, 3.8) is 0 Å². The van der Waals surface area contributed by atoms with E-state index in [9.17, 15) is 9.18 Å². The van der Waals surface area contributed by atoms with Crippen LogP contribution >= 0.6 is 0 Å². The summed E-state index contributed by atoms with van der Waals surface area (Å²) in [5, 5.41) is 2.94. The predicted octanol–water partition coefficient (Wildman–Crippen LogP) is 2.92. The van der Waals surface area contributed by atoms with Gasteiger partial charge in [0.25, 0.3) is 0 Å². The molecule has 5 heteroatoms. The maximum atomic E-state index is 13.6. The van der Waals surface area contributed by atoms with Crippen LogP contribution in [0.2, 0.25) is 0 Å². The Morgan fingerprint density at radius 1 is 1.38 bits per heavy atom. The lowest BCUT2D eigenvalue weighted by Gasteiger charge is -2.34. The highest BCUT2D eigenvalue weighted by Gasteiger charge is 2.23. The number of benzene rings is 1. The minimum atomic E-state index is -0.260. The average molecular weight is 334 g/mol. The van der Waals surface area contributed by atoms with Crippen molar-refractivity contribution in [2.24, 2.45) is 5.41 Å². The summed E-state index contributed by atoms with van der Waals surface area (Å²) < 4.78 is 19.0. The Labute approximate surface area is 143 Å². The lowest BCUT2D eigenvalue weighted by molar-refractivity contribution is -0.116. The van der Waals surface area contributed by atoms with Crippen LogP contribution in [-0.2, 0) is 9.53 Å². The number of carbonyl (C=O) groups excluding carboxylic acids is 1. The Hall–Kier alpha value is -1.72. The lowest BCUT2D eigenvalue weighted by Crippen LogP contribution is -2.43. The number of hydrogen-bond donors (Lipinski definition) is 1. The molecule has 0 aromatic heterocycles. The third-order valence-electron chi connectivity index (χ3n) is 3.92. The fourth-order valence-electron chi connectivity index (χ4n) is 2.64. The maximum absolute atomic E-state index is 13.6. The number of ether oxygens (including phenoxy) is 1. The van der Waals surface area contributed by atoms with Gasteiger partial charge in [0.05, 0.1) is 19.3 Å². The molecule has 0 saturated carbocycles. The molecule has 0 radical (unpaired) electrons. The zero-order valence-electron chi connectivity index (χ0n) is 14.7. The highest BCUT2D eigenvalue weighted by atomic mass is 19.1. The number of rotatable bonds is 5. The van der Waals surface area contributed by atoms with E-state index in [0.29, 0.717) is 19.8 Å². The second-order valence-electron chi connectivity index (χ2n) is 7.16. The van der Waals surface area contributed by atoms with Crippen LogP contribution in [0.5, 0.6) is 0 Å². The third-order valence-corrected chi connectivity index (χ3v) is 3.92. The first kappa shape index (κ1) is 18.6. The van der Waals surface area contributed by atoms with E-state index < -0.39 is 0 Å². The van der Waals surface area contributed by atoms with Crippen molar-refractivity contribution < 1.29 is 13.9 Å². The summed E-state index contributed by atoms with van der Waals surface area (Å²) in [6.07, 6.45) is 3.45. The van der Waals surface area contributed by atoms with Gasteiger partial charge in [-0.2, -0.15) is 0 Å². The summed E-state index contributed by atoms with van der Waals surface area (Å²) >= 11 is 0. The van der Waals surface area contributed by atoms with Crippen LogP contribution < -0.4 is 5.32 Å². The number of nitrogens with one attached hydrogen (secondary N) is 1. The molecular formula is C19H27FN2O2. The first-order chi connectivity index (χ1) is 11.3. The lowest BCUT2D eigenvalue weighted by atomic mass is 9.96. The molecule has 1 heterocycles. The molecule has 24 heavy (non-hydrogen) atoms. The fourth-order valence-corrected chi connectivity index (χ4v) is 2.64. The summed E-state index contributed by atoms with van der Waals surface area (Å²) in [7, 11) is 0. The molecule has 1 amide bonds. The quantitative estimate of drug-likeness (QED) is 0.842. The molecule has 1 aliphatic heterocycles. The van der Waals surface area contributed by atoms with E-state index in [0.717, 1.165) is 18.7 Å². The minimum Gasteiger partial charge on any atom is -0.379 e. The first-order valence-corrected chi connectivity index (χ1v) is 8.39. The van der Waals surface area contributed by atoms with Crippen molar-refractivity contribution in [2.75, 3.05) is 32.8 Å². The Morgan fingerprint density at radius 3 is 2.71 bits per heavy atom. The topological polar surface area (TPSA) is 41.6 Å². The van der Waals surface area contributed by atoms with Crippen LogP contribution in [0, 0.1) is 11.2 Å². The van der Waals surface area contributed by atoms with Gasteiger partial charge in [0.15, 0.2) is 0 Å². The van der Waals surface area contributed by atoms with Crippen molar-refractivity contribution in [3.05, 3.63) is 47.8 Å². The summed E-state index contributed by atoms with van der Waals surface area (Å²) in [5.74, 6) is -0.385. The molecule has 0 aliphatic carbocycles. The Kier molecular flexibility index (Phi) is 6.52. The van der Waals surface area contributed by atoms with Crippen LogP contribution in [0.15, 0.2) is 36.4 Å². The second-order valence-corrected chi connectivity index (χ2v) is 7.16. The van der Waals surface area contributed by atoms with Crippen molar-refractivity contribution in [1.29, 1.82) is 0 Å². The van der Waals surface area contributed by atoms with Gasteiger partial charge in [0.1, 0.15) is 5.82 Å². The van der Waals surface area contributed by atoms with Crippen molar-refractivity contribution in [2.45, 2.75) is 26.8 Å². The zero-order chi connectivity index (χ0) is 17.6. The monoisotopic (exact) mass is 334 g/mol.